The van der Waals surface area contributed by atoms with Gasteiger partial charge in [-0.05, 0) is 25.0 Å². The van der Waals surface area contributed by atoms with Crippen LogP contribution in [0.3, 0.4) is 0 Å². The van der Waals surface area contributed by atoms with E-state index in [0.717, 1.165) is 0 Å². The number of hydrogen-bond donors (Lipinski definition) is 1. The van der Waals surface area contributed by atoms with Crippen LogP contribution in [-0.2, 0) is 11.3 Å². The van der Waals surface area contributed by atoms with E-state index in [-0.39, 0.29) is 37.2 Å². The average molecular weight is 471 g/mol. The van der Waals surface area contributed by atoms with Crippen LogP contribution in [-0.4, -0.2) is 64.3 Å². The summed E-state index contributed by atoms with van der Waals surface area (Å²) >= 11 is 0. The number of nitrogens with zero attached hydrogens (tertiary/aromatic N) is 9. The minimum atomic E-state index is -0.341. The van der Waals surface area contributed by atoms with Crippen LogP contribution in [0.25, 0.3) is 28.1 Å². The molecular weight excluding hydrogens is 450 g/mol. The van der Waals surface area contributed by atoms with Gasteiger partial charge in [0.05, 0.1) is 60.4 Å². The largest absolute Gasteiger partial charge is 0.395 e. The first-order valence-corrected chi connectivity index (χ1v) is 11.2. The molecule has 1 unspecified atom stereocenters. The Kier molecular flexibility index (Phi) is 5.73. The molecule has 1 N–H and O–H groups in total. The molecule has 12 heteroatoms. The number of piperidine rings is 1. The highest BCUT2D eigenvalue weighted by atomic mass is 16.3. The summed E-state index contributed by atoms with van der Waals surface area (Å²) in [5, 5.41) is 32.0. The van der Waals surface area contributed by atoms with Crippen LogP contribution >= 0.6 is 0 Å². The molecule has 0 bridgehead atoms. The SMILES string of the molecule is N#CCC(=O)N1CCCC(n2c(=O)n(CCO)c3cnc(-c4cnn5ccc(C#N)cc45)nc32)C1. The number of amides is 1. The molecule has 4 aromatic heterocycles. The first-order valence-electron chi connectivity index (χ1n) is 11.2. The molecule has 176 valence electrons. The maximum atomic E-state index is 13.4. The summed E-state index contributed by atoms with van der Waals surface area (Å²) in [4.78, 5) is 36.5. The van der Waals surface area contributed by atoms with Gasteiger partial charge < -0.3 is 10.0 Å². The van der Waals surface area contributed by atoms with Gasteiger partial charge in [-0.15, -0.1) is 0 Å². The van der Waals surface area contributed by atoms with Gasteiger partial charge >= 0.3 is 5.69 Å². The number of carbonyl (C=O) groups is 1. The first-order chi connectivity index (χ1) is 17.0. The summed E-state index contributed by atoms with van der Waals surface area (Å²) < 4.78 is 4.61. The lowest BCUT2D eigenvalue weighted by molar-refractivity contribution is -0.131. The average Bonchev–Trinajstić information content (AvgIpc) is 3.42. The van der Waals surface area contributed by atoms with Crippen molar-refractivity contribution in [3.05, 3.63) is 46.8 Å². The van der Waals surface area contributed by atoms with E-state index in [2.05, 4.69) is 16.2 Å². The molecule has 0 aromatic carbocycles. The van der Waals surface area contributed by atoms with Crippen molar-refractivity contribution in [2.45, 2.75) is 31.8 Å². The lowest BCUT2D eigenvalue weighted by Crippen LogP contribution is -2.43. The van der Waals surface area contributed by atoms with Crippen molar-refractivity contribution in [2.75, 3.05) is 19.7 Å². The van der Waals surface area contributed by atoms with Crippen molar-refractivity contribution >= 4 is 22.6 Å². The molecule has 35 heavy (non-hydrogen) atoms. The van der Waals surface area contributed by atoms with Crippen LogP contribution in [0, 0.1) is 22.7 Å². The number of nitriles is 2. The highest BCUT2D eigenvalue weighted by molar-refractivity contribution is 5.81. The Bertz CT molecular complexity index is 1580. The van der Waals surface area contributed by atoms with Gasteiger partial charge in [0.25, 0.3) is 0 Å². The van der Waals surface area contributed by atoms with E-state index in [4.69, 9.17) is 10.2 Å². The number of aliphatic hydroxyl groups excluding tert-OH is 1. The molecule has 0 aliphatic carbocycles. The van der Waals surface area contributed by atoms with Crippen LogP contribution < -0.4 is 5.69 Å². The van der Waals surface area contributed by atoms with Crippen LogP contribution in [0.15, 0.2) is 35.5 Å². The van der Waals surface area contributed by atoms with E-state index < -0.39 is 0 Å². The number of imidazole rings is 1. The summed E-state index contributed by atoms with van der Waals surface area (Å²) in [5.41, 5.74) is 2.25. The Balaban J connectivity index is 1.65. The third kappa shape index (κ3) is 3.80. The molecule has 1 amide bonds. The zero-order valence-corrected chi connectivity index (χ0v) is 18.7. The second kappa shape index (κ2) is 9.00. The maximum absolute atomic E-state index is 13.4. The maximum Gasteiger partial charge on any atom is 0.330 e. The standard InChI is InChI=1S/C23H21N9O3/c24-5-3-20(34)29-6-1-2-16(14-29)32-22-19(30(8-9-33)23(32)35)13-26-21(28-22)17-12-27-31-7-4-15(11-25)10-18(17)31/h4,7,10,12-13,16,33H,1-3,6,8-9,14H2. The van der Waals surface area contributed by atoms with Crippen LogP contribution in [0.5, 0.6) is 0 Å². The van der Waals surface area contributed by atoms with Crippen molar-refractivity contribution in [1.29, 1.82) is 10.5 Å². The molecule has 5 heterocycles. The number of pyridine rings is 1. The lowest BCUT2D eigenvalue weighted by atomic mass is 10.1. The summed E-state index contributed by atoms with van der Waals surface area (Å²) in [6.45, 7) is 0.672. The Hall–Kier alpha value is -4.55. The second-order valence-corrected chi connectivity index (χ2v) is 8.32. The molecule has 0 radical (unpaired) electrons. The fourth-order valence-corrected chi connectivity index (χ4v) is 4.63. The van der Waals surface area contributed by atoms with Crippen LogP contribution in [0.1, 0.15) is 30.9 Å². The van der Waals surface area contributed by atoms with E-state index in [1.807, 2.05) is 6.07 Å². The molecule has 0 spiro atoms. The quantitative estimate of drug-likeness (QED) is 0.448. The summed E-state index contributed by atoms with van der Waals surface area (Å²) in [6, 6.07) is 7.01. The topological polar surface area (TPSA) is 158 Å². The number of carbonyl (C=O) groups excluding carboxylic acids is 1. The fourth-order valence-electron chi connectivity index (χ4n) is 4.63. The van der Waals surface area contributed by atoms with Crippen molar-refractivity contribution in [1.82, 2.24) is 33.6 Å². The van der Waals surface area contributed by atoms with Crippen molar-refractivity contribution in [3.63, 3.8) is 0 Å². The van der Waals surface area contributed by atoms with Crippen molar-refractivity contribution in [3.8, 4) is 23.5 Å². The summed E-state index contributed by atoms with van der Waals surface area (Å²) in [7, 11) is 0. The van der Waals surface area contributed by atoms with Crippen molar-refractivity contribution < 1.29 is 9.90 Å². The number of aliphatic hydroxyl groups is 1. The normalized spacial score (nSPS) is 15.9. The van der Waals surface area contributed by atoms with Crippen molar-refractivity contribution in [2.24, 2.45) is 0 Å². The molecule has 4 aromatic rings. The highest BCUT2D eigenvalue weighted by Crippen LogP contribution is 2.27. The predicted octanol–water partition coefficient (Wildman–Crippen LogP) is 0.849. The molecule has 1 aliphatic rings. The third-order valence-corrected chi connectivity index (χ3v) is 6.27. The molecule has 1 aliphatic heterocycles. The smallest absolute Gasteiger partial charge is 0.330 e. The molecule has 1 fully saturated rings. The number of fused-ring (bicyclic) bond motifs is 2. The summed E-state index contributed by atoms with van der Waals surface area (Å²) in [5.74, 6) is 0.0741. The van der Waals surface area contributed by atoms with E-state index >= 15 is 0 Å². The van der Waals surface area contributed by atoms with Gasteiger partial charge in [-0.2, -0.15) is 15.6 Å². The van der Waals surface area contributed by atoms with Crippen LogP contribution in [0.4, 0.5) is 0 Å². The zero-order valence-electron chi connectivity index (χ0n) is 18.7. The molecule has 1 atom stereocenters. The van der Waals surface area contributed by atoms with Gasteiger partial charge in [0.15, 0.2) is 11.5 Å². The Morgan fingerprint density at radius 1 is 1.26 bits per heavy atom. The number of hydrogen-bond acceptors (Lipinski definition) is 8. The second-order valence-electron chi connectivity index (χ2n) is 8.32. The fraction of sp³-hybridized carbons (Fsp3) is 0.348. The van der Waals surface area contributed by atoms with Gasteiger partial charge in [-0.1, -0.05) is 0 Å². The number of aromatic nitrogens is 6. The Labute approximate surface area is 198 Å². The van der Waals surface area contributed by atoms with Gasteiger partial charge in [-0.25, -0.2) is 19.3 Å². The van der Waals surface area contributed by atoms with Gasteiger partial charge in [-0.3, -0.25) is 13.9 Å². The van der Waals surface area contributed by atoms with E-state index in [1.165, 1.54) is 4.57 Å². The minimum absolute atomic E-state index is 0.0804. The van der Waals surface area contributed by atoms with Gasteiger partial charge in [0.2, 0.25) is 5.91 Å². The zero-order chi connectivity index (χ0) is 24.5. The monoisotopic (exact) mass is 471 g/mol. The molecule has 5 rings (SSSR count). The molecule has 0 saturated carbocycles. The van der Waals surface area contributed by atoms with Gasteiger partial charge in [0.1, 0.15) is 11.9 Å². The molecule has 12 nitrogen and oxygen atoms in total. The number of likely N-dealkylation sites (tertiary alicyclic amines) is 1. The Morgan fingerprint density at radius 3 is 2.89 bits per heavy atom. The van der Waals surface area contributed by atoms with E-state index in [9.17, 15) is 20.0 Å². The predicted molar refractivity (Wildman–Crippen MR) is 123 cm³/mol. The van der Waals surface area contributed by atoms with Crippen LogP contribution in [0.2, 0.25) is 0 Å². The summed E-state index contributed by atoms with van der Waals surface area (Å²) in [6.07, 6.45) is 5.97. The number of rotatable bonds is 5. The first kappa shape index (κ1) is 22.3. The lowest BCUT2D eigenvalue weighted by Gasteiger charge is -2.32. The third-order valence-electron chi connectivity index (χ3n) is 6.27. The molecular formula is C23H21N9O3. The Morgan fingerprint density at radius 2 is 2.11 bits per heavy atom. The molecule has 1 saturated heterocycles. The minimum Gasteiger partial charge on any atom is -0.395 e. The highest BCUT2D eigenvalue weighted by Gasteiger charge is 2.29. The van der Waals surface area contributed by atoms with Gasteiger partial charge in [0, 0.05) is 19.3 Å². The van der Waals surface area contributed by atoms with E-state index in [1.54, 1.807) is 44.7 Å². The van der Waals surface area contributed by atoms with E-state index in [0.29, 0.717) is 59.6 Å².